The molecule has 8 heteroatoms. The van der Waals surface area contributed by atoms with Gasteiger partial charge in [-0.2, -0.15) is 0 Å². The highest BCUT2D eigenvalue weighted by Crippen LogP contribution is 1.77. The van der Waals surface area contributed by atoms with E-state index in [1.807, 2.05) is 0 Å². The summed E-state index contributed by atoms with van der Waals surface area (Å²) in [7, 11) is 1.52. The SMILES string of the molecule is CNC(=O)CCNC(=O)NCCOCC(=O)O. The molecule has 0 aliphatic carbocycles. The van der Waals surface area contributed by atoms with Crippen molar-refractivity contribution in [2.45, 2.75) is 6.42 Å². The Kier molecular flexibility index (Phi) is 8.39. The van der Waals surface area contributed by atoms with Crippen molar-refractivity contribution in [1.82, 2.24) is 16.0 Å². The Balaban J connectivity index is 3.35. The van der Waals surface area contributed by atoms with E-state index in [0.717, 1.165) is 0 Å². The van der Waals surface area contributed by atoms with Crippen LogP contribution in [0.5, 0.6) is 0 Å². The number of ether oxygens (including phenoxy) is 1. The average Bonchev–Trinajstić information content (AvgIpc) is 2.27. The minimum absolute atomic E-state index is 0.120. The number of carbonyl (C=O) groups is 3. The Morgan fingerprint density at radius 2 is 1.82 bits per heavy atom. The van der Waals surface area contributed by atoms with E-state index in [-0.39, 0.29) is 38.6 Å². The maximum absolute atomic E-state index is 11.1. The Morgan fingerprint density at radius 3 is 2.41 bits per heavy atom. The van der Waals surface area contributed by atoms with E-state index in [1.54, 1.807) is 0 Å². The number of hydrogen-bond acceptors (Lipinski definition) is 4. The molecule has 3 amide bonds. The molecule has 0 aliphatic rings. The highest BCUT2D eigenvalue weighted by atomic mass is 16.5. The lowest BCUT2D eigenvalue weighted by molar-refractivity contribution is -0.142. The third-order valence-corrected chi connectivity index (χ3v) is 1.67. The zero-order chi connectivity index (χ0) is 13.1. The topological polar surface area (TPSA) is 117 Å². The molecule has 0 spiro atoms. The number of nitrogens with one attached hydrogen (secondary N) is 3. The van der Waals surface area contributed by atoms with E-state index < -0.39 is 12.0 Å². The first-order valence-corrected chi connectivity index (χ1v) is 5.08. The van der Waals surface area contributed by atoms with Crippen molar-refractivity contribution in [3.8, 4) is 0 Å². The summed E-state index contributed by atoms with van der Waals surface area (Å²) in [6.07, 6.45) is 0.208. The zero-order valence-corrected chi connectivity index (χ0v) is 9.62. The third-order valence-electron chi connectivity index (χ3n) is 1.67. The molecule has 0 heterocycles. The molecule has 0 aromatic heterocycles. The summed E-state index contributed by atoms with van der Waals surface area (Å²) in [6.45, 7) is 0.176. The molecule has 0 fully saturated rings. The minimum atomic E-state index is -1.06. The second kappa shape index (κ2) is 9.40. The van der Waals surface area contributed by atoms with Crippen LogP contribution in [0.1, 0.15) is 6.42 Å². The molecular formula is C9H17N3O5. The number of amides is 3. The van der Waals surface area contributed by atoms with Crippen LogP contribution >= 0.6 is 0 Å². The second-order valence-corrected chi connectivity index (χ2v) is 3.05. The van der Waals surface area contributed by atoms with Crippen LogP contribution in [0.3, 0.4) is 0 Å². The van der Waals surface area contributed by atoms with E-state index in [9.17, 15) is 14.4 Å². The van der Waals surface area contributed by atoms with Crippen LogP contribution in [0.25, 0.3) is 0 Å². The van der Waals surface area contributed by atoms with Gasteiger partial charge in [0.05, 0.1) is 6.61 Å². The fourth-order valence-corrected chi connectivity index (χ4v) is 0.873. The quantitative estimate of drug-likeness (QED) is 0.390. The monoisotopic (exact) mass is 247 g/mol. The molecule has 0 aliphatic heterocycles. The van der Waals surface area contributed by atoms with Gasteiger partial charge in [0.25, 0.3) is 0 Å². The van der Waals surface area contributed by atoms with E-state index in [1.165, 1.54) is 7.05 Å². The van der Waals surface area contributed by atoms with Crippen LogP contribution < -0.4 is 16.0 Å². The normalized spacial score (nSPS) is 9.47. The molecule has 0 atom stereocenters. The van der Waals surface area contributed by atoms with Gasteiger partial charge in [0.15, 0.2) is 0 Å². The number of aliphatic carboxylic acids is 1. The maximum Gasteiger partial charge on any atom is 0.329 e. The van der Waals surface area contributed by atoms with Gasteiger partial charge in [-0.3, -0.25) is 4.79 Å². The lowest BCUT2D eigenvalue weighted by Crippen LogP contribution is -2.39. The fourth-order valence-electron chi connectivity index (χ4n) is 0.873. The minimum Gasteiger partial charge on any atom is -0.480 e. The van der Waals surface area contributed by atoms with Crippen LogP contribution in [-0.2, 0) is 14.3 Å². The first-order chi connectivity index (χ1) is 8.06. The van der Waals surface area contributed by atoms with Gasteiger partial charge in [0, 0.05) is 26.6 Å². The van der Waals surface area contributed by atoms with Crippen molar-refractivity contribution in [2.75, 3.05) is 33.4 Å². The number of carboxylic acids is 1. The highest BCUT2D eigenvalue weighted by molar-refractivity contribution is 5.77. The zero-order valence-electron chi connectivity index (χ0n) is 9.62. The average molecular weight is 247 g/mol. The molecule has 0 unspecified atom stereocenters. The molecule has 4 N–H and O–H groups in total. The molecule has 0 saturated carbocycles. The summed E-state index contributed by atoms with van der Waals surface area (Å²) < 4.78 is 4.70. The lowest BCUT2D eigenvalue weighted by atomic mass is 10.4. The summed E-state index contributed by atoms with van der Waals surface area (Å²) in [5.74, 6) is -1.21. The Labute approximate surface area is 98.7 Å². The number of urea groups is 1. The summed E-state index contributed by atoms with van der Waals surface area (Å²) in [4.78, 5) is 31.9. The number of rotatable bonds is 8. The van der Waals surface area contributed by atoms with Gasteiger partial charge in [-0.1, -0.05) is 0 Å². The van der Waals surface area contributed by atoms with Gasteiger partial charge in [-0.25, -0.2) is 9.59 Å². The number of carboxylic acid groups (broad SMARTS) is 1. The smallest absolute Gasteiger partial charge is 0.329 e. The maximum atomic E-state index is 11.1. The van der Waals surface area contributed by atoms with Gasteiger partial charge < -0.3 is 25.8 Å². The van der Waals surface area contributed by atoms with Crippen molar-refractivity contribution < 1.29 is 24.2 Å². The van der Waals surface area contributed by atoms with Crippen LogP contribution in [0, 0.1) is 0 Å². The predicted molar refractivity (Wildman–Crippen MR) is 58.5 cm³/mol. The molecular weight excluding hydrogens is 230 g/mol. The van der Waals surface area contributed by atoms with E-state index in [4.69, 9.17) is 9.84 Å². The van der Waals surface area contributed by atoms with E-state index >= 15 is 0 Å². The summed E-state index contributed by atoms with van der Waals surface area (Å²) in [5, 5.41) is 15.6. The molecule has 0 bridgehead atoms. The largest absolute Gasteiger partial charge is 0.480 e. The Hall–Kier alpha value is -1.83. The van der Waals surface area contributed by atoms with Crippen molar-refractivity contribution in [3.05, 3.63) is 0 Å². The molecule has 17 heavy (non-hydrogen) atoms. The summed E-state index contributed by atoms with van der Waals surface area (Å²) in [6, 6.07) is -0.423. The highest BCUT2D eigenvalue weighted by Gasteiger charge is 2.02. The third kappa shape index (κ3) is 10.5. The van der Waals surface area contributed by atoms with Crippen LogP contribution in [0.4, 0.5) is 4.79 Å². The van der Waals surface area contributed by atoms with Gasteiger partial charge in [0.2, 0.25) is 5.91 Å². The first-order valence-electron chi connectivity index (χ1n) is 5.08. The molecule has 98 valence electrons. The standard InChI is InChI=1S/C9H17N3O5/c1-10-7(13)2-3-11-9(16)12-4-5-17-6-8(14)15/h2-6H2,1H3,(H,10,13)(H,14,15)(H2,11,12,16). The molecule has 0 radical (unpaired) electrons. The van der Waals surface area contributed by atoms with Crippen molar-refractivity contribution in [1.29, 1.82) is 0 Å². The molecule has 0 aromatic rings. The summed E-state index contributed by atoms with van der Waals surface area (Å²) in [5.41, 5.74) is 0. The molecule has 0 rings (SSSR count). The van der Waals surface area contributed by atoms with Gasteiger partial charge in [-0.05, 0) is 0 Å². The van der Waals surface area contributed by atoms with Crippen molar-refractivity contribution in [3.63, 3.8) is 0 Å². The lowest BCUT2D eigenvalue weighted by Gasteiger charge is -2.07. The van der Waals surface area contributed by atoms with E-state index in [0.29, 0.717) is 0 Å². The predicted octanol–water partition coefficient (Wildman–Crippen LogP) is -1.48. The first kappa shape index (κ1) is 15.2. The molecule has 0 saturated heterocycles. The fraction of sp³-hybridized carbons (Fsp3) is 0.667. The van der Waals surface area contributed by atoms with Crippen molar-refractivity contribution >= 4 is 17.9 Å². The second-order valence-electron chi connectivity index (χ2n) is 3.05. The van der Waals surface area contributed by atoms with E-state index in [2.05, 4.69) is 16.0 Å². The molecule has 0 aromatic carbocycles. The Morgan fingerprint density at radius 1 is 1.18 bits per heavy atom. The van der Waals surface area contributed by atoms with Crippen LogP contribution in [0.15, 0.2) is 0 Å². The van der Waals surface area contributed by atoms with Crippen molar-refractivity contribution in [2.24, 2.45) is 0 Å². The van der Waals surface area contributed by atoms with Gasteiger partial charge in [-0.15, -0.1) is 0 Å². The number of hydrogen-bond donors (Lipinski definition) is 4. The molecule has 8 nitrogen and oxygen atoms in total. The number of carbonyl (C=O) groups excluding carboxylic acids is 2. The van der Waals surface area contributed by atoms with Crippen LogP contribution in [0.2, 0.25) is 0 Å². The van der Waals surface area contributed by atoms with Gasteiger partial charge >= 0.3 is 12.0 Å². The van der Waals surface area contributed by atoms with Crippen LogP contribution in [-0.4, -0.2) is 56.4 Å². The Bertz CT molecular complexity index is 269. The summed E-state index contributed by atoms with van der Waals surface area (Å²) >= 11 is 0. The van der Waals surface area contributed by atoms with Gasteiger partial charge in [0.1, 0.15) is 6.61 Å².